The van der Waals surface area contributed by atoms with Gasteiger partial charge in [-0.3, -0.25) is 0 Å². The zero-order valence-corrected chi connectivity index (χ0v) is 11.7. The van der Waals surface area contributed by atoms with Gasteiger partial charge in [-0.2, -0.15) is 0 Å². The van der Waals surface area contributed by atoms with E-state index in [-0.39, 0.29) is 0 Å². The molecule has 0 bridgehead atoms. The predicted octanol–water partition coefficient (Wildman–Crippen LogP) is 3.66. The van der Waals surface area contributed by atoms with Crippen molar-refractivity contribution in [2.45, 2.75) is 13.0 Å². The van der Waals surface area contributed by atoms with Crippen molar-refractivity contribution >= 4 is 34.6 Å². The Hall–Kier alpha value is -1.52. The topological polar surface area (TPSA) is 40.5 Å². The van der Waals surface area contributed by atoms with Crippen molar-refractivity contribution in [3.05, 3.63) is 50.7 Å². The van der Waals surface area contributed by atoms with Gasteiger partial charge < -0.3 is 10.0 Å². The summed E-state index contributed by atoms with van der Waals surface area (Å²) in [7, 11) is 0. The fourth-order valence-electron chi connectivity index (χ4n) is 2.39. The predicted molar refractivity (Wildman–Crippen MR) is 77.5 cm³/mol. The molecule has 3 nitrogen and oxygen atoms in total. The Morgan fingerprint density at radius 2 is 2.21 bits per heavy atom. The average Bonchev–Trinajstić information content (AvgIpc) is 2.96. The normalized spacial score (nSPS) is 13.6. The average molecular weight is 294 g/mol. The molecule has 0 aliphatic carbocycles. The minimum Gasteiger partial charge on any atom is -0.478 e. The van der Waals surface area contributed by atoms with Crippen LogP contribution in [0, 0.1) is 0 Å². The van der Waals surface area contributed by atoms with E-state index in [1.165, 1.54) is 4.88 Å². The van der Waals surface area contributed by atoms with Gasteiger partial charge in [-0.1, -0.05) is 11.6 Å². The van der Waals surface area contributed by atoms with Crippen molar-refractivity contribution < 1.29 is 9.90 Å². The Kier molecular flexibility index (Phi) is 3.21. The second kappa shape index (κ2) is 4.87. The summed E-state index contributed by atoms with van der Waals surface area (Å²) in [6.07, 6.45) is 0.898. The molecule has 1 aliphatic heterocycles. The lowest BCUT2D eigenvalue weighted by atomic mass is 10.1. The maximum absolute atomic E-state index is 10.9. The molecule has 2 aromatic rings. The molecule has 98 valence electrons. The van der Waals surface area contributed by atoms with Gasteiger partial charge in [0, 0.05) is 17.1 Å². The van der Waals surface area contributed by atoms with E-state index in [1.807, 2.05) is 18.2 Å². The lowest BCUT2D eigenvalue weighted by Crippen LogP contribution is -2.18. The summed E-state index contributed by atoms with van der Waals surface area (Å²) < 4.78 is 0.802. The highest BCUT2D eigenvalue weighted by atomic mass is 35.5. The first-order valence-corrected chi connectivity index (χ1v) is 7.18. The Morgan fingerprint density at radius 3 is 2.89 bits per heavy atom. The molecule has 0 unspecified atom stereocenters. The van der Waals surface area contributed by atoms with E-state index in [2.05, 4.69) is 4.90 Å². The Bertz CT molecular complexity index is 638. The first-order chi connectivity index (χ1) is 9.13. The SMILES string of the molecule is O=C(O)c1ccc2c(c1)CCN2Cc1ccc(Cl)s1. The number of halogens is 1. The molecule has 0 saturated heterocycles. The van der Waals surface area contributed by atoms with Crippen molar-refractivity contribution in [2.75, 3.05) is 11.4 Å². The van der Waals surface area contributed by atoms with Gasteiger partial charge in [-0.25, -0.2) is 4.79 Å². The number of nitrogens with zero attached hydrogens (tertiary/aromatic N) is 1. The van der Waals surface area contributed by atoms with Crippen molar-refractivity contribution in [3.63, 3.8) is 0 Å². The number of carbonyl (C=O) groups is 1. The van der Waals surface area contributed by atoms with Gasteiger partial charge in [0.15, 0.2) is 0 Å². The van der Waals surface area contributed by atoms with Crippen LogP contribution in [0.4, 0.5) is 5.69 Å². The van der Waals surface area contributed by atoms with Crippen LogP contribution >= 0.6 is 22.9 Å². The molecule has 0 saturated carbocycles. The van der Waals surface area contributed by atoms with Crippen LogP contribution in [0.15, 0.2) is 30.3 Å². The minimum absolute atomic E-state index is 0.361. The lowest BCUT2D eigenvalue weighted by molar-refractivity contribution is 0.0697. The molecule has 1 aromatic carbocycles. The second-order valence-electron chi connectivity index (χ2n) is 4.53. The number of hydrogen-bond donors (Lipinski definition) is 1. The number of aromatic carboxylic acids is 1. The zero-order chi connectivity index (χ0) is 13.4. The van der Waals surface area contributed by atoms with Crippen molar-refractivity contribution in [2.24, 2.45) is 0 Å². The number of thiophene rings is 1. The molecule has 0 fully saturated rings. The van der Waals surface area contributed by atoms with E-state index in [0.717, 1.165) is 35.1 Å². The maximum Gasteiger partial charge on any atom is 0.335 e. The maximum atomic E-state index is 10.9. The third kappa shape index (κ3) is 2.46. The largest absolute Gasteiger partial charge is 0.478 e. The van der Waals surface area contributed by atoms with E-state index in [0.29, 0.717) is 5.56 Å². The Balaban J connectivity index is 1.84. The molecular formula is C14H12ClNO2S. The molecule has 1 N–H and O–H groups in total. The number of carboxylic acid groups (broad SMARTS) is 1. The van der Waals surface area contributed by atoms with Crippen LogP contribution in [-0.4, -0.2) is 17.6 Å². The highest BCUT2D eigenvalue weighted by Gasteiger charge is 2.20. The molecule has 0 radical (unpaired) electrons. The van der Waals surface area contributed by atoms with Crippen LogP contribution < -0.4 is 4.90 Å². The van der Waals surface area contributed by atoms with E-state index < -0.39 is 5.97 Å². The van der Waals surface area contributed by atoms with Crippen molar-refractivity contribution in [1.82, 2.24) is 0 Å². The molecule has 2 heterocycles. The molecule has 0 amide bonds. The summed E-state index contributed by atoms with van der Waals surface area (Å²) in [5.41, 5.74) is 2.61. The first kappa shape index (κ1) is 12.5. The number of anilines is 1. The van der Waals surface area contributed by atoms with Gasteiger partial charge in [-0.05, 0) is 42.3 Å². The number of carboxylic acids is 1. The summed E-state index contributed by atoms with van der Waals surface area (Å²) in [5, 5.41) is 8.99. The second-order valence-corrected chi connectivity index (χ2v) is 6.33. The monoisotopic (exact) mass is 293 g/mol. The lowest BCUT2D eigenvalue weighted by Gasteiger charge is -2.18. The van der Waals surface area contributed by atoms with Gasteiger partial charge >= 0.3 is 5.97 Å². The minimum atomic E-state index is -0.869. The van der Waals surface area contributed by atoms with Gasteiger partial charge in [0.25, 0.3) is 0 Å². The fraction of sp³-hybridized carbons (Fsp3) is 0.214. The van der Waals surface area contributed by atoms with E-state index in [9.17, 15) is 4.79 Å². The zero-order valence-electron chi connectivity index (χ0n) is 10.1. The number of rotatable bonds is 3. The summed E-state index contributed by atoms with van der Waals surface area (Å²) in [6, 6.07) is 9.30. The van der Waals surface area contributed by atoms with Crippen LogP contribution in [-0.2, 0) is 13.0 Å². The van der Waals surface area contributed by atoms with Gasteiger partial charge in [0.05, 0.1) is 16.4 Å². The fourth-order valence-corrected chi connectivity index (χ4v) is 3.50. The molecule has 1 aromatic heterocycles. The van der Waals surface area contributed by atoms with Crippen molar-refractivity contribution in [3.8, 4) is 0 Å². The molecule has 0 atom stereocenters. The molecule has 5 heteroatoms. The third-order valence-electron chi connectivity index (χ3n) is 3.29. The molecule has 0 spiro atoms. The molecular weight excluding hydrogens is 282 g/mol. The van der Waals surface area contributed by atoms with Gasteiger partial charge in [-0.15, -0.1) is 11.3 Å². The highest BCUT2D eigenvalue weighted by molar-refractivity contribution is 7.16. The van der Waals surface area contributed by atoms with Crippen LogP contribution in [0.25, 0.3) is 0 Å². The number of hydrogen-bond acceptors (Lipinski definition) is 3. The van der Waals surface area contributed by atoms with Crippen LogP contribution in [0.1, 0.15) is 20.8 Å². The summed E-state index contributed by atoms with van der Waals surface area (Å²) >= 11 is 7.52. The van der Waals surface area contributed by atoms with Gasteiger partial charge in [0.1, 0.15) is 0 Å². The summed E-state index contributed by atoms with van der Waals surface area (Å²) in [6.45, 7) is 1.75. The Morgan fingerprint density at radius 1 is 1.37 bits per heavy atom. The highest BCUT2D eigenvalue weighted by Crippen LogP contribution is 2.32. The standard InChI is InChI=1S/C14H12ClNO2S/c15-13-4-2-11(19-13)8-16-6-5-9-7-10(14(17)18)1-3-12(9)16/h1-4,7H,5-6,8H2,(H,17,18). The number of fused-ring (bicyclic) bond motifs is 1. The smallest absolute Gasteiger partial charge is 0.335 e. The Labute approximate surface area is 120 Å². The van der Waals surface area contributed by atoms with E-state index in [1.54, 1.807) is 23.5 Å². The van der Waals surface area contributed by atoms with E-state index in [4.69, 9.17) is 16.7 Å². The summed E-state index contributed by atoms with van der Waals surface area (Å²) in [5.74, 6) is -0.869. The quantitative estimate of drug-likeness (QED) is 0.939. The molecule has 3 rings (SSSR count). The van der Waals surface area contributed by atoms with Crippen LogP contribution in [0.2, 0.25) is 4.34 Å². The van der Waals surface area contributed by atoms with Crippen molar-refractivity contribution in [1.29, 1.82) is 0 Å². The first-order valence-electron chi connectivity index (χ1n) is 5.99. The van der Waals surface area contributed by atoms with E-state index >= 15 is 0 Å². The van der Waals surface area contributed by atoms with Crippen LogP contribution in [0.3, 0.4) is 0 Å². The van der Waals surface area contributed by atoms with Gasteiger partial charge in [0.2, 0.25) is 0 Å². The number of benzene rings is 1. The molecule has 19 heavy (non-hydrogen) atoms. The summed E-state index contributed by atoms with van der Waals surface area (Å²) in [4.78, 5) is 14.4. The third-order valence-corrected chi connectivity index (χ3v) is 4.51. The molecule has 1 aliphatic rings. The van der Waals surface area contributed by atoms with Crippen LogP contribution in [0.5, 0.6) is 0 Å².